The Labute approximate surface area is 106 Å². The Bertz CT molecular complexity index is 453. The molecule has 2 rings (SSSR count). The molecule has 8 heteroatoms. The van der Waals surface area contributed by atoms with Crippen LogP contribution >= 0.6 is 0 Å². The van der Waals surface area contributed by atoms with Crippen LogP contribution in [0.5, 0.6) is 0 Å². The summed E-state index contributed by atoms with van der Waals surface area (Å²) in [5.74, 6) is 0. The molecule has 102 valence electrons. The molecular formula is C10H17N3O4S. The number of hydrogen-bond acceptors (Lipinski definition) is 5. The topological polar surface area (TPSA) is 93.3 Å². The highest BCUT2D eigenvalue weighted by Gasteiger charge is 2.21. The van der Waals surface area contributed by atoms with Crippen molar-refractivity contribution >= 4 is 10.0 Å². The third-order valence-corrected chi connectivity index (χ3v) is 4.10. The van der Waals surface area contributed by atoms with Gasteiger partial charge in [-0.15, -0.1) is 0 Å². The van der Waals surface area contributed by atoms with Gasteiger partial charge in [0.1, 0.15) is 0 Å². The van der Waals surface area contributed by atoms with Crippen molar-refractivity contribution in [3.8, 4) is 0 Å². The molecular weight excluding hydrogens is 258 g/mol. The molecule has 7 nitrogen and oxygen atoms in total. The molecule has 2 atom stereocenters. The number of aromatic nitrogens is 2. The zero-order valence-corrected chi connectivity index (χ0v) is 10.9. The Morgan fingerprint density at radius 1 is 1.72 bits per heavy atom. The molecule has 2 heterocycles. The second-order valence-electron chi connectivity index (χ2n) is 4.26. The summed E-state index contributed by atoms with van der Waals surface area (Å²) in [5, 5.41) is 0.0542. The van der Waals surface area contributed by atoms with E-state index in [4.69, 9.17) is 9.47 Å². The average Bonchev–Trinajstić information content (AvgIpc) is 2.99. The summed E-state index contributed by atoms with van der Waals surface area (Å²) in [5.41, 5.74) is 0. The number of nitrogens with zero attached hydrogens (tertiary/aromatic N) is 1. The van der Waals surface area contributed by atoms with Crippen molar-refractivity contribution in [2.24, 2.45) is 0 Å². The second kappa shape index (κ2) is 5.79. The van der Waals surface area contributed by atoms with Crippen LogP contribution in [0.3, 0.4) is 0 Å². The summed E-state index contributed by atoms with van der Waals surface area (Å²) < 4.78 is 36.9. The molecule has 0 amide bonds. The number of rotatable bonds is 6. The lowest BCUT2D eigenvalue weighted by Crippen LogP contribution is -2.37. The van der Waals surface area contributed by atoms with E-state index in [0.717, 1.165) is 6.42 Å². The highest BCUT2D eigenvalue weighted by atomic mass is 32.2. The van der Waals surface area contributed by atoms with Gasteiger partial charge in [-0.3, -0.25) is 0 Å². The molecule has 1 saturated heterocycles. The third-order valence-electron chi connectivity index (χ3n) is 2.59. The molecule has 2 unspecified atom stereocenters. The minimum absolute atomic E-state index is 0.0542. The van der Waals surface area contributed by atoms with Crippen molar-refractivity contribution in [1.82, 2.24) is 14.7 Å². The molecule has 1 aromatic rings. The van der Waals surface area contributed by atoms with Gasteiger partial charge >= 0.3 is 0 Å². The van der Waals surface area contributed by atoms with Gasteiger partial charge in [0.25, 0.3) is 10.0 Å². The van der Waals surface area contributed by atoms with Crippen molar-refractivity contribution < 1.29 is 17.9 Å². The van der Waals surface area contributed by atoms with Crippen LogP contribution in [-0.4, -0.2) is 50.4 Å². The van der Waals surface area contributed by atoms with Crippen LogP contribution in [0.2, 0.25) is 0 Å². The van der Waals surface area contributed by atoms with E-state index in [1.54, 1.807) is 6.92 Å². The van der Waals surface area contributed by atoms with Gasteiger partial charge < -0.3 is 14.5 Å². The van der Waals surface area contributed by atoms with Crippen LogP contribution in [-0.2, 0) is 19.5 Å². The number of aromatic amines is 1. The third kappa shape index (κ3) is 3.52. The lowest BCUT2D eigenvalue weighted by atomic mass is 10.3. The van der Waals surface area contributed by atoms with Crippen molar-refractivity contribution in [1.29, 1.82) is 0 Å². The van der Waals surface area contributed by atoms with Crippen molar-refractivity contribution in [2.75, 3.05) is 19.8 Å². The SMILES string of the molecule is CC(COC1CCOC1)NS(=O)(=O)c1cnc[nH]1. The van der Waals surface area contributed by atoms with E-state index in [1.165, 1.54) is 12.5 Å². The van der Waals surface area contributed by atoms with Crippen molar-refractivity contribution in [3.63, 3.8) is 0 Å². The molecule has 0 aromatic carbocycles. The zero-order chi connectivity index (χ0) is 13.0. The quantitative estimate of drug-likeness (QED) is 0.755. The fourth-order valence-corrected chi connectivity index (χ4v) is 2.81. The number of hydrogen-bond donors (Lipinski definition) is 2. The highest BCUT2D eigenvalue weighted by molar-refractivity contribution is 7.89. The van der Waals surface area contributed by atoms with Gasteiger partial charge in [-0.25, -0.2) is 18.1 Å². The molecule has 2 N–H and O–H groups in total. The molecule has 0 aliphatic carbocycles. The van der Waals surface area contributed by atoms with Gasteiger partial charge in [-0.05, 0) is 13.3 Å². The van der Waals surface area contributed by atoms with Crippen LogP contribution in [0.4, 0.5) is 0 Å². The van der Waals surface area contributed by atoms with E-state index in [0.29, 0.717) is 19.8 Å². The normalized spacial score (nSPS) is 22.2. The number of imidazole rings is 1. The predicted octanol–water partition coefficient (Wildman–Crippen LogP) is -0.118. The summed E-state index contributed by atoms with van der Waals surface area (Å²) in [6.45, 7) is 3.37. The van der Waals surface area contributed by atoms with Crippen LogP contribution in [0.15, 0.2) is 17.6 Å². The van der Waals surface area contributed by atoms with Gasteiger partial charge in [0.05, 0.1) is 31.8 Å². The summed E-state index contributed by atoms with van der Waals surface area (Å²) in [7, 11) is -3.54. The van der Waals surface area contributed by atoms with Crippen LogP contribution in [0, 0.1) is 0 Å². The molecule has 0 spiro atoms. The lowest BCUT2D eigenvalue weighted by molar-refractivity contribution is 0.0353. The van der Waals surface area contributed by atoms with Gasteiger partial charge in [-0.2, -0.15) is 0 Å². The number of ether oxygens (including phenoxy) is 2. The first kappa shape index (κ1) is 13.5. The first-order valence-corrected chi connectivity index (χ1v) is 7.26. The molecule has 1 aromatic heterocycles. The maximum absolute atomic E-state index is 11.8. The summed E-state index contributed by atoms with van der Waals surface area (Å²) in [4.78, 5) is 6.24. The average molecular weight is 275 g/mol. The molecule has 0 radical (unpaired) electrons. The fraction of sp³-hybridized carbons (Fsp3) is 0.700. The maximum atomic E-state index is 11.8. The Kier molecular flexibility index (Phi) is 4.33. The van der Waals surface area contributed by atoms with E-state index in [1.807, 2.05) is 0 Å². The molecule has 1 fully saturated rings. The minimum atomic E-state index is -3.54. The first-order chi connectivity index (χ1) is 8.58. The lowest BCUT2D eigenvalue weighted by Gasteiger charge is -2.16. The van der Waals surface area contributed by atoms with Crippen molar-refractivity contribution in [3.05, 3.63) is 12.5 Å². The predicted molar refractivity (Wildman–Crippen MR) is 63.5 cm³/mol. The second-order valence-corrected chi connectivity index (χ2v) is 5.94. The summed E-state index contributed by atoms with van der Waals surface area (Å²) in [6, 6.07) is -0.307. The zero-order valence-electron chi connectivity index (χ0n) is 10.1. The largest absolute Gasteiger partial charge is 0.379 e. The number of sulfonamides is 1. The van der Waals surface area contributed by atoms with Gasteiger partial charge in [-0.1, -0.05) is 0 Å². The molecule has 1 aliphatic heterocycles. The Morgan fingerprint density at radius 3 is 3.17 bits per heavy atom. The standard InChI is InChI=1S/C10H17N3O4S/c1-8(5-17-9-2-3-16-6-9)13-18(14,15)10-4-11-7-12-10/h4,7-9,13H,2-3,5-6H2,1H3,(H,11,12). The number of H-pyrrole nitrogens is 1. The Hall–Kier alpha value is -0.960. The number of nitrogens with one attached hydrogen (secondary N) is 2. The molecule has 1 aliphatic rings. The fourth-order valence-electron chi connectivity index (χ4n) is 1.68. The monoisotopic (exact) mass is 275 g/mol. The summed E-state index contributed by atoms with van der Waals surface area (Å²) >= 11 is 0. The summed E-state index contributed by atoms with van der Waals surface area (Å²) in [6.07, 6.45) is 3.52. The smallest absolute Gasteiger partial charge is 0.257 e. The van der Waals surface area contributed by atoms with Crippen molar-refractivity contribution in [2.45, 2.75) is 30.5 Å². The van der Waals surface area contributed by atoms with E-state index in [2.05, 4.69) is 14.7 Å². The Balaban J connectivity index is 1.81. The molecule has 0 saturated carbocycles. The molecule has 0 bridgehead atoms. The minimum Gasteiger partial charge on any atom is -0.379 e. The van der Waals surface area contributed by atoms with E-state index >= 15 is 0 Å². The molecule has 18 heavy (non-hydrogen) atoms. The van der Waals surface area contributed by atoms with E-state index in [9.17, 15) is 8.42 Å². The first-order valence-electron chi connectivity index (χ1n) is 5.78. The van der Waals surface area contributed by atoms with E-state index < -0.39 is 10.0 Å². The Morgan fingerprint density at radius 2 is 2.56 bits per heavy atom. The van der Waals surface area contributed by atoms with Crippen LogP contribution in [0.1, 0.15) is 13.3 Å². The van der Waals surface area contributed by atoms with Gasteiger partial charge in [0.2, 0.25) is 0 Å². The van der Waals surface area contributed by atoms with E-state index in [-0.39, 0.29) is 17.2 Å². The van der Waals surface area contributed by atoms with Crippen LogP contribution < -0.4 is 4.72 Å². The van der Waals surface area contributed by atoms with Gasteiger partial charge in [0.15, 0.2) is 5.03 Å². The van der Waals surface area contributed by atoms with Crippen LogP contribution in [0.25, 0.3) is 0 Å². The van der Waals surface area contributed by atoms with Gasteiger partial charge in [0, 0.05) is 12.6 Å². The maximum Gasteiger partial charge on any atom is 0.257 e. The highest BCUT2D eigenvalue weighted by Crippen LogP contribution is 2.09.